The molecule has 12 heteroatoms. The van der Waals surface area contributed by atoms with Crippen molar-refractivity contribution in [3.63, 3.8) is 0 Å². The molecule has 6 nitrogen and oxygen atoms in total. The Labute approximate surface area is 167 Å². The van der Waals surface area contributed by atoms with Crippen molar-refractivity contribution in [1.82, 2.24) is 4.98 Å². The molecule has 2 aromatic rings. The quantitative estimate of drug-likeness (QED) is 0.689. The maximum absolute atomic E-state index is 14.5. The zero-order valence-corrected chi connectivity index (χ0v) is 16.1. The summed E-state index contributed by atoms with van der Waals surface area (Å²) < 4.78 is 92.2. The van der Waals surface area contributed by atoms with Crippen LogP contribution in [0, 0.1) is 12.7 Å². The minimum absolute atomic E-state index is 0.0740. The van der Waals surface area contributed by atoms with Crippen LogP contribution in [-0.4, -0.2) is 23.5 Å². The lowest BCUT2D eigenvalue weighted by atomic mass is 9.85. The van der Waals surface area contributed by atoms with Crippen molar-refractivity contribution in [2.45, 2.75) is 44.5 Å². The number of oxazole rings is 1. The molecule has 2 unspecified atom stereocenters. The van der Waals surface area contributed by atoms with E-state index in [9.17, 15) is 26.3 Å². The number of nitrogens with two attached hydrogens (primary N) is 1. The van der Waals surface area contributed by atoms with Crippen LogP contribution >= 0.6 is 0 Å². The summed E-state index contributed by atoms with van der Waals surface area (Å²) in [5, 5.41) is 2.70. The third-order valence-corrected chi connectivity index (χ3v) is 4.75. The van der Waals surface area contributed by atoms with E-state index in [0.717, 1.165) is 19.1 Å². The lowest BCUT2D eigenvalue weighted by Gasteiger charge is -2.37. The molecule has 3 rings (SSSR count). The van der Waals surface area contributed by atoms with E-state index in [1.54, 1.807) is 0 Å². The van der Waals surface area contributed by atoms with Crippen LogP contribution in [-0.2, 0) is 16.5 Å². The molecule has 0 amide bonds. The molecule has 2 heterocycles. The van der Waals surface area contributed by atoms with Crippen LogP contribution in [0.2, 0.25) is 0 Å². The zero-order chi connectivity index (χ0) is 22.5. The molecule has 1 aromatic carbocycles. The largest absolute Gasteiger partial charge is 0.459 e. The highest BCUT2D eigenvalue weighted by Crippen LogP contribution is 2.45. The molecule has 3 N–H and O–H groups in total. The number of nitrogens with one attached hydrogen (secondary N) is 1. The van der Waals surface area contributed by atoms with E-state index >= 15 is 0 Å². The Bertz CT molecular complexity index is 988. The van der Waals surface area contributed by atoms with Gasteiger partial charge >= 0.3 is 12.1 Å². The summed E-state index contributed by atoms with van der Waals surface area (Å²) in [6, 6.07) is 1.59. The molecule has 1 aliphatic rings. The lowest BCUT2D eigenvalue weighted by molar-refractivity contribution is -0.154. The number of amidine groups is 1. The summed E-state index contributed by atoms with van der Waals surface area (Å²) in [5.41, 5.74) is 2.19. The molecule has 0 saturated heterocycles. The first-order valence-electron chi connectivity index (χ1n) is 8.71. The molecule has 30 heavy (non-hydrogen) atoms. The molecule has 164 valence electrons. The van der Waals surface area contributed by atoms with Gasteiger partial charge in [-0.15, -0.1) is 0 Å². The predicted molar refractivity (Wildman–Crippen MR) is 94.6 cm³/mol. The molecule has 2 atom stereocenters. The number of alkyl halides is 5. The third kappa shape index (κ3) is 3.77. The first-order valence-corrected chi connectivity index (χ1v) is 8.71. The maximum atomic E-state index is 14.5. The second-order valence-electron chi connectivity index (χ2n) is 7.02. The monoisotopic (exact) mass is 436 g/mol. The smallest absolute Gasteiger partial charge is 0.451 e. The normalized spacial score (nSPS) is 22.2. The molecular formula is C18H18F6N4O2. The van der Waals surface area contributed by atoms with Gasteiger partial charge in [0.15, 0.2) is 18.0 Å². The van der Waals surface area contributed by atoms with Crippen LogP contribution in [0.5, 0.6) is 0 Å². The van der Waals surface area contributed by atoms with E-state index in [0.29, 0.717) is 0 Å². The second kappa shape index (κ2) is 7.10. The first-order chi connectivity index (χ1) is 13.7. The van der Waals surface area contributed by atoms with Crippen molar-refractivity contribution >= 4 is 11.7 Å². The highest BCUT2D eigenvalue weighted by molar-refractivity contribution is 5.73. The number of ether oxygens (including phenoxy) is 1. The Morgan fingerprint density at radius 1 is 1.27 bits per heavy atom. The average molecular weight is 436 g/mol. The Morgan fingerprint density at radius 3 is 2.57 bits per heavy atom. The van der Waals surface area contributed by atoms with E-state index in [2.05, 4.69) is 24.4 Å². The van der Waals surface area contributed by atoms with E-state index in [4.69, 9.17) is 5.73 Å². The second-order valence-corrected chi connectivity index (χ2v) is 7.02. The number of rotatable bonds is 4. The molecule has 0 radical (unpaired) electrons. The van der Waals surface area contributed by atoms with E-state index < -0.39 is 59.1 Å². The number of anilines is 1. The number of benzene rings is 1. The Hall–Kier alpha value is -2.92. The minimum atomic E-state index is -4.77. The standard InChI is InChI=1S/C18H18F6N4O2/c1-8(13-14(18(22,23)24)30-9(2)27-13)26-10-4-5-12(19)11(6-10)16(3)17(20,21)7-29-15(25)28-16/h4-6,8,26H,7H2,1-3H3,(H2,25,28). The topological polar surface area (TPSA) is 85.7 Å². The van der Waals surface area contributed by atoms with Crippen LogP contribution in [0.15, 0.2) is 27.6 Å². The van der Waals surface area contributed by atoms with Gasteiger partial charge in [0.1, 0.15) is 11.5 Å². The van der Waals surface area contributed by atoms with Gasteiger partial charge in [-0.2, -0.15) is 22.0 Å². The number of hydrogen-bond donors (Lipinski definition) is 2. The van der Waals surface area contributed by atoms with Crippen molar-refractivity contribution in [2.24, 2.45) is 10.7 Å². The van der Waals surface area contributed by atoms with Gasteiger partial charge in [-0.3, -0.25) is 0 Å². The summed E-state index contributed by atoms with van der Waals surface area (Å²) in [6.45, 7) is 2.53. The molecule has 0 spiro atoms. The van der Waals surface area contributed by atoms with Crippen molar-refractivity contribution in [3.8, 4) is 0 Å². The molecule has 1 aliphatic heterocycles. The summed E-state index contributed by atoms with van der Waals surface area (Å²) in [5.74, 6) is -6.04. The van der Waals surface area contributed by atoms with E-state index in [-0.39, 0.29) is 11.6 Å². The molecule has 0 bridgehead atoms. The number of aromatic nitrogens is 1. The highest BCUT2D eigenvalue weighted by Gasteiger charge is 2.56. The average Bonchev–Trinajstić information content (AvgIpc) is 3.03. The van der Waals surface area contributed by atoms with Crippen molar-refractivity contribution in [3.05, 3.63) is 46.9 Å². The van der Waals surface area contributed by atoms with Gasteiger partial charge in [-0.05, 0) is 32.0 Å². The fraction of sp³-hybridized carbons (Fsp3) is 0.444. The third-order valence-electron chi connectivity index (χ3n) is 4.75. The van der Waals surface area contributed by atoms with Crippen molar-refractivity contribution < 1.29 is 35.5 Å². The highest BCUT2D eigenvalue weighted by atomic mass is 19.4. The van der Waals surface area contributed by atoms with Gasteiger partial charge < -0.3 is 20.2 Å². The van der Waals surface area contributed by atoms with Gasteiger partial charge in [0.05, 0.1) is 6.04 Å². The predicted octanol–water partition coefficient (Wildman–Crippen LogP) is 4.51. The lowest BCUT2D eigenvalue weighted by Crippen LogP contribution is -2.51. The van der Waals surface area contributed by atoms with Gasteiger partial charge in [-0.1, -0.05) is 0 Å². The van der Waals surface area contributed by atoms with E-state index in [1.165, 1.54) is 19.9 Å². The van der Waals surface area contributed by atoms with Crippen LogP contribution in [0.1, 0.15) is 42.8 Å². The summed E-state index contributed by atoms with van der Waals surface area (Å²) in [6.07, 6.45) is -4.77. The number of aryl methyl sites for hydroxylation is 1. The Kier molecular flexibility index (Phi) is 5.15. The first kappa shape index (κ1) is 21.8. The summed E-state index contributed by atoms with van der Waals surface area (Å²) in [4.78, 5) is 7.36. The van der Waals surface area contributed by atoms with Gasteiger partial charge in [0.25, 0.3) is 6.02 Å². The Balaban J connectivity index is 1.98. The van der Waals surface area contributed by atoms with Crippen LogP contribution in [0.4, 0.5) is 32.0 Å². The number of hydrogen-bond acceptors (Lipinski definition) is 6. The van der Waals surface area contributed by atoms with Crippen molar-refractivity contribution in [2.75, 3.05) is 11.9 Å². The van der Waals surface area contributed by atoms with Crippen LogP contribution in [0.3, 0.4) is 0 Å². The molecule has 0 aliphatic carbocycles. The van der Waals surface area contributed by atoms with Crippen molar-refractivity contribution in [1.29, 1.82) is 0 Å². The fourth-order valence-electron chi connectivity index (χ4n) is 3.14. The molecule has 0 fully saturated rings. The summed E-state index contributed by atoms with van der Waals surface area (Å²) >= 11 is 0. The van der Waals surface area contributed by atoms with E-state index in [1.807, 2.05) is 0 Å². The van der Waals surface area contributed by atoms with Crippen LogP contribution < -0.4 is 11.1 Å². The van der Waals surface area contributed by atoms with Gasteiger partial charge in [-0.25, -0.2) is 14.4 Å². The van der Waals surface area contributed by atoms with Gasteiger partial charge in [0, 0.05) is 18.2 Å². The Morgan fingerprint density at radius 2 is 1.93 bits per heavy atom. The maximum Gasteiger partial charge on any atom is 0.451 e. The molecular weight excluding hydrogens is 418 g/mol. The fourth-order valence-corrected chi connectivity index (χ4v) is 3.14. The number of aliphatic imine (C=N–C) groups is 1. The van der Waals surface area contributed by atoms with Crippen LogP contribution in [0.25, 0.3) is 0 Å². The molecule has 1 aromatic heterocycles. The zero-order valence-electron chi connectivity index (χ0n) is 16.1. The SMILES string of the molecule is Cc1nc(C(C)Nc2ccc(F)c(C3(C)N=C(N)OCC3(F)F)c2)c(C(F)(F)F)o1. The molecule has 0 saturated carbocycles. The number of halogens is 6. The minimum Gasteiger partial charge on any atom is -0.459 e. The van der Waals surface area contributed by atoms with Gasteiger partial charge in [0.2, 0.25) is 5.76 Å². The number of nitrogens with zero attached hydrogens (tertiary/aromatic N) is 2. The summed E-state index contributed by atoms with van der Waals surface area (Å²) in [7, 11) is 0.